The van der Waals surface area contributed by atoms with E-state index >= 15 is 0 Å². The minimum Gasteiger partial charge on any atom is -0.454 e. The zero-order valence-electron chi connectivity index (χ0n) is 14.8. The molecule has 0 amide bonds. The molecule has 0 bridgehead atoms. The number of aromatic nitrogens is 2. The maximum atomic E-state index is 6.22. The third-order valence-corrected chi connectivity index (χ3v) is 4.33. The SMILES string of the molecule is Nc1c(NCCc2ccccc2)ncnc1NCc1ccc2c(c1)OCO2. The van der Waals surface area contributed by atoms with Gasteiger partial charge < -0.3 is 25.8 Å². The minimum absolute atomic E-state index is 0.267. The van der Waals surface area contributed by atoms with Crippen LogP contribution < -0.4 is 25.8 Å². The van der Waals surface area contributed by atoms with Gasteiger partial charge in [-0.15, -0.1) is 0 Å². The van der Waals surface area contributed by atoms with Gasteiger partial charge in [0.2, 0.25) is 6.79 Å². The highest BCUT2D eigenvalue weighted by Crippen LogP contribution is 2.33. The topological polar surface area (TPSA) is 94.3 Å². The first kappa shape index (κ1) is 17.0. The van der Waals surface area contributed by atoms with Gasteiger partial charge in [0, 0.05) is 13.1 Å². The largest absolute Gasteiger partial charge is 0.454 e. The van der Waals surface area contributed by atoms with Gasteiger partial charge in [-0.1, -0.05) is 36.4 Å². The van der Waals surface area contributed by atoms with Gasteiger partial charge in [-0.05, 0) is 29.7 Å². The molecule has 4 N–H and O–H groups in total. The van der Waals surface area contributed by atoms with Crippen LogP contribution in [-0.2, 0) is 13.0 Å². The van der Waals surface area contributed by atoms with Crippen LogP contribution >= 0.6 is 0 Å². The summed E-state index contributed by atoms with van der Waals surface area (Å²) in [6.45, 7) is 1.58. The molecule has 1 aromatic heterocycles. The van der Waals surface area contributed by atoms with Crippen molar-refractivity contribution in [3.63, 3.8) is 0 Å². The number of fused-ring (bicyclic) bond motifs is 1. The number of nitrogens with one attached hydrogen (secondary N) is 2. The van der Waals surface area contributed by atoms with E-state index in [1.165, 1.54) is 11.9 Å². The van der Waals surface area contributed by atoms with E-state index in [1.807, 2.05) is 36.4 Å². The smallest absolute Gasteiger partial charge is 0.231 e. The van der Waals surface area contributed by atoms with Gasteiger partial charge in [-0.2, -0.15) is 0 Å². The molecule has 0 atom stereocenters. The molecule has 3 aromatic rings. The number of nitrogens with two attached hydrogens (primary N) is 1. The summed E-state index contributed by atoms with van der Waals surface area (Å²) in [6.07, 6.45) is 2.40. The molecule has 0 radical (unpaired) electrons. The van der Waals surface area contributed by atoms with Crippen LogP contribution in [0.2, 0.25) is 0 Å². The Kier molecular flexibility index (Phi) is 4.91. The molecule has 2 aromatic carbocycles. The van der Waals surface area contributed by atoms with Crippen molar-refractivity contribution in [3.8, 4) is 11.5 Å². The van der Waals surface area contributed by atoms with E-state index in [-0.39, 0.29) is 6.79 Å². The zero-order chi connectivity index (χ0) is 18.5. The maximum Gasteiger partial charge on any atom is 0.231 e. The first-order chi connectivity index (χ1) is 13.3. The monoisotopic (exact) mass is 363 g/mol. The highest BCUT2D eigenvalue weighted by Gasteiger charge is 2.13. The molecule has 7 nitrogen and oxygen atoms in total. The normalized spacial score (nSPS) is 12.0. The standard InChI is InChI=1S/C20H21N5O2/c21-18-19(22-9-8-14-4-2-1-3-5-14)24-12-25-20(18)23-11-15-6-7-16-17(10-15)27-13-26-16/h1-7,10,12H,8-9,11,13,21H2,(H2,22,23,24,25). The third kappa shape index (κ3) is 4.03. The Labute approximate surface area is 157 Å². The Morgan fingerprint density at radius 3 is 2.52 bits per heavy atom. The van der Waals surface area contributed by atoms with Gasteiger partial charge in [0.05, 0.1) is 0 Å². The van der Waals surface area contributed by atoms with Gasteiger partial charge in [-0.3, -0.25) is 0 Å². The molecule has 7 heteroatoms. The van der Waals surface area contributed by atoms with Crippen LogP contribution in [0, 0.1) is 0 Å². The van der Waals surface area contributed by atoms with Crippen molar-refractivity contribution in [3.05, 3.63) is 66.0 Å². The molecule has 1 aliphatic heterocycles. The van der Waals surface area contributed by atoms with Gasteiger partial charge in [0.1, 0.15) is 12.0 Å². The highest BCUT2D eigenvalue weighted by atomic mass is 16.7. The predicted molar refractivity (Wildman–Crippen MR) is 105 cm³/mol. The molecule has 1 aliphatic rings. The lowest BCUT2D eigenvalue weighted by atomic mass is 10.1. The Bertz CT molecular complexity index is 918. The first-order valence-electron chi connectivity index (χ1n) is 8.80. The number of nitrogens with zero attached hydrogens (tertiary/aromatic N) is 2. The lowest BCUT2D eigenvalue weighted by Crippen LogP contribution is -2.11. The van der Waals surface area contributed by atoms with Crippen molar-refractivity contribution in [2.75, 3.05) is 29.7 Å². The van der Waals surface area contributed by atoms with Crippen LogP contribution in [0.25, 0.3) is 0 Å². The average Bonchev–Trinajstić information content (AvgIpc) is 3.17. The number of ether oxygens (including phenoxy) is 2. The molecule has 0 fully saturated rings. The van der Waals surface area contributed by atoms with E-state index in [0.717, 1.165) is 30.0 Å². The van der Waals surface area contributed by atoms with Crippen molar-refractivity contribution in [2.24, 2.45) is 0 Å². The summed E-state index contributed by atoms with van der Waals surface area (Å²) in [5.74, 6) is 2.76. The van der Waals surface area contributed by atoms with E-state index in [4.69, 9.17) is 15.2 Å². The molecule has 0 aliphatic carbocycles. The Hall–Kier alpha value is -3.48. The lowest BCUT2D eigenvalue weighted by molar-refractivity contribution is 0.174. The van der Waals surface area contributed by atoms with Gasteiger partial charge in [0.15, 0.2) is 23.1 Å². The van der Waals surface area contributed by atoms with E-state index in [2.05, 4.69) is 32.7 Å². The molecule has 138 valence electrons. The Balaban J connectivity index is 1.36. The number of anilines is 3. The minimum atomic E-state index is 0.267. The molecule has 0 unspecified atom stereocenters. The third-order valence-electron chi connectivity index (χ3n) is 4.33. The van der Waals surface area contributed by atoms with Crippen molar-refractivity contribution >= 4 is 17.3 Å². The van der Waals surface area contributed by atoms with Crippen LogP contribution in [0.15, 0.2) is 54.9 Å². The molecule has 0 saturated heterocycles. The highest BCUT2D eigenvalue weighted by molar-refractivity contribution is 5.74. The zero-order valence-corrected chi connectivity index (χ0v) is 14.8. The van der Waals surface area contributed by atoms with Crippen molar-refractivity contribution in [1.29, 1.82) is 0 Å². The van der Waals surface area contributed by atoms with Crippen LogP contribution in [0.3, 0.4) is 0 Å². The molecule has 27 heavy (non-hydrogen) atoms. The summed E-state index contributed by atoms with van der Waals surface area (Å²) in [6, 6.07) is 16.1. The predicted octanol–water partition coefficient (Wildman–Crippen LogP) is 3.05. The summed E-state index contributed by atoms with van der Waals surface area (Å²) in [5, 5.41) is 6.54. The van der Waals surface area contributed by atoms with Crippen molar-refractivity contribution in [2.45, 2.75) is 13.0 Å². The second-order valence-electron chi connectivity index (χ2n) is 6.19. The van der Waals surface area contributed by atoms with Crippen LogP contribution in [0.1, 0.15) is 11.1 Å². The summed E-state index contributed by atoms with van der Waals surface area (Å²) >= 11 is 0. The fourth-order valence-electron chi connectivity index (χ4n) is 2.88. The molecule has 0 saturated carbocycles. The summed E-state index contributed by atoms with van der Waals surface area (Å²) in [7, 11) is 0. The van der Waals surface area contributed by atoms with E-state index in [0.29, 0.717) is 23.9 Å². The summed E-state index contributed by atoms with van der Waals surface area (Å²) in [5.41, 5.74) is 9.04. The van der Waals surface area contributed by atoms with Crippen LogP contribution in [0.5, 0.6) is 11.5 Å². The van der Waals surface area contributed by atoms with Gasteiger partial charge >= 0.3 is 0 Å². The average molecular weight is 363 g/mol. The van der Waals surface area contributed by atoms with Crippen molar-refractivity contribution < 1.29 is 9.47 Å². The number of hydrogen-bond donors (Lipinski definition) is 3. The quantitative estimate of drug-likeness (QED) is 0.594. The number of hydrogen-bond acceptors (Lipinski definition) is 7. The van der Waals surface area contributed by atoms with E-state index < -0.39 is 0 Å². The second-order valence-corrected chi connectivity index (χ2v) is 6.19. The number of rotatable bonds is 7. The Morgan fingerprint density at radius 2 is 1.67 bits per heavy atom. The number of benzene rings is 2. The van der Waals surface area contributed by atoms with Crippen LogP contribution in [-0.4, -0.2) is 23.3 Å². The molecule has 4 rings (SSSR count). The molecular formula is C20H21N5O2. The fourth-order valence-corrected chi connectivity index (χ4v) is 2.88. The van der Waals surface area contributed by atoms with Crippen molar-refractivity contribution in [1.82, 2.24) is 9.97 Å². The van der Waals surface area contributed by atoms with Gasteiger partial charge in [0.25, 0.3) is 0 Å². The maximum absolute atomic E-state index is 6.22. The van der Waals surface area contributed by atoms with Gasteiger partial charge in [-0.25, -0.2) is 9.97 Å². The molecular weight excluding hydrogens is 342 g/mol. The molecule has 0 spiro atoms. The Morgan fingerprint density at radius 1 is 0.889 bits per heavy atom. The summed E-state index contributed by atoms with van der Waals surface area (Å²) in [4.78, 5) is 8.50. The van der Waals surface area contributed by atoms with E-state index in [1.54, 1.807) is 0 Å². The molecule has 2 heterocycles. The van der Waals surface area contributed by atoms with E-state index in [9.17, 15) is 0 Å². The number of nitrogen functional groups attached to an aromatic ring is 1. The first-order valence-corrected chi connectivity index (χ1v) is 8.80. The summed E-state index contributed by atoms with van der Waals surface area (Å²) < 4.78 is 10.7. The van der Waals surface area contributed by atoms with Crippen LogP contribution in [0.4, 0.5) is 17.3 Å². The fraction of sp³-hybridized carbons (Fsp3) is 0.200. The lowest BCUT2D eigenvalue weighted by Gasteiger charge is -2.13. The second kappa shape index (κ2) is 7.82.